The summed E-state index contributed by atoms with van der Waals surface area (Å²) in [5.41, 5.74) is 3.03. The number of nitrogens with one attached hydrogen (secondary N) is 1. The molecule has 2 heterocycles. The van der Waals surface area contributed by atoms with E-state index in [2.05, 4.69) is 20.3 Å². The van der Waals surface area contributed by atoms with E-state index < -0.39 is 7.12 Å². The van der Waals surface area contributed by atoms with Gasteiger partial charge in [-0.25, -0.2) is 4.39 Å². The van der Waals surface area contributed by atoms with E-state index in [-0.39, 0.29) is 11.9 Å². The lowest BCUT2D eigenvalue weighted by Crippen LogP contribution is -2.32. The number of hydrogen-bond acceptors (Lipinski definition) is 7. The molecule has 4 rings (SSSR count). The van der Waals surface area contributed by atoms with Crippen LogP contribution in [0.15, 0.2) is 42.5 Å². The van der Waals surface area contributed by atoms with Gasteiger partial charge in [0.2, 0.25) is 11.9 Å². The van der Waals surface area contributed by atoms with Crippen LogP contribution in [0.5, 0.6) is 0 Å². The first-order chi connectivity index (χ1) is 14.5. The molecule has 7 nitrogen and oxygen atoms in total. The van der Waals surface area contributed by atoms with Crippen LogP contribution in [-0.2, 0) is 19.4 Å². The van der Waals surface area contributed by atoms with Gasteiger partial charge in [-0.15, -0.1) is 0 Å². The van der Waals surface area contributed by atoms with Crippen LogP contribution in [0.25, 0.3) is 0 Å². The lowest BCUT2D eigenvalue weighted by atomic mass is 9.76. The van der Waals surface area contributed by atoms with Gasteiger partial charge in [0.15, 0.2) is 0 Å². The summed E-state index contributed by atoms with van der Waals surface area (Å²) in [7, 11) is -1.53. The maximum atomic E-state index is 13.4. The number of nitrogens with zero attached hydrogens (tertiary/aromatic N) is 4. The first-order valence-corrected chi connectivity index (χ1v) is 9.96. The quantitative estimate of drug-likeness (QED) is 0.538. The molecule has 3 aromatic rings. The highest BCUT2D eigenvalue weighted by atomic mass is 19.1. The Bertz CT molecular complexity index is 1070. The summed E-state index contributed by atoms with van der Waals surface area (Å²) in [5, 5.41) is 22.6. The third kappa shape index (κ3) is 3.99. The van der Waals surface area contributed by atoms with Crippen LogP contribution >= 0.6 is 0 Å². The number of aryl methyl sites for hydroxylation is 1. The Kier molecular flexibility index (Phi) is 5.65. The molecular formula is C21H23BFN5O2. The van der Waals surface area contributed by atoms with Crippen molar-refractivity contribution in [1.82, 2.24) is 15.0 Å². The number of halogens is 1. The lowest BCUT2D eigenvalue weighted by Gasteiger charge is -2.23. The number of aromatic nitrogens is 3. The third-order valence-corrected chi connectivity index (χ3v) is 5.21. The minimum Gasteiger partial charge on any atom is -0.423 e. The molecule has 0 amide bonds. The molecule has 9 heteroatoms. The molecule has 0 radical (unpaired) electrons. The fraction of sp³-hybridized carbons (Fsp3) is 0.286. The van der Waals surface area contributed by atoms with Gasteiger partial charge < -0.3 is 20.3 Å². The fourth-order valence-electron chi connectivity index (χ4n) is 3.79. The highest BCUT2D eigenvalue weighted by molar-refractivity contribution is 6.59. The second kappa shape index (κ2) is 8.37. The number of rotatable bonds is 6. The van der Waals surface area contributed by atoms with Crippen molar-refractivity contribution in [3.63, 3.8) is 0 Å². The van der Waals surface area contributed by atoms with Crippen molar-refractivity contribution in [2.45, 2.75) is 39.3 Å². The molecular weight excluding hydrogens is 384 g/mol. The standard InChI is InChI=1S/C21H23BFN5O2/c1-3-19-25-20(24-12-14-6-4-7-15(23)11-14)27-21(26-19)28-13(2)10-16-17(22(29)30)8-5-9-18(16)28/h4-9,11,13,29-30H,3,10,12H2,1-2H3,(H,24,25,26,27). The zero-order valence-corrected chi connectivity index (χ0v) is 16.9. The van der Waals surface area contributed by atoms with Crippen LogP contribution in [0, 0.1) is 5.82 Å². The van der Waals surface area contributed by atoms with Gasteiger partial charge in [-0.1, -0.05) is 31.2 Å². The molecule has 0 bridgehead atoms. The molecule has 0 spiro atoms. The monoisotopic (exact) mass is 407 g/mol. The average molecular weight is 407 g/mol. The third-order valence-electron chi connectivity index (χ3n) is 5.21. The van der Waals surface area contributed by atoms with Gasteiger partial charge in [-0.2, -0.15) is 15.0 Å². The number of benzene rings is 2. The van der Waals surface area contributed by atoms with Gasteiger partial charge in [0.1, 0.15) is 11.6 Å². The number of fused-ring (bicyclic) bond motifs is 1. The number of hydrogen-bond donors (Lipinski definition) is 3. The average Bonchev–Trinajstić information content (AvgIpc) is 3.07. The van der Waals surface area contributed by atoms with Gasteiger partial charge in [0.25, 0.3) is 0 Å². The highest BCUT2D eigenvalue weighted by Gasteiger charge is 2.33. The normalized spacial score (nSPS) is 15.2. The summed E-state index contributed by atoms with van der Waals surface area (Å²) >= 11 is 0. The summed E-state index contributed by atoms with van der Waals surface area (Å²) in [6.07, 6.45) is 1.29. The molecule has 154 valence electrons. The zero-order valence-electron chi connectivity index (χ0n) is 16.9. The van der Waals surface area contributed by atoms with E-state index in [1.54, 1.807) is 18.2 Å². The van der Waals surface area contributed by atoms with Crippen LogP contribution in [0.4, 0.5) is 22.0 Å². The van der Waals surface area contributed by atoms with Crippen molar-refractivity contribution in [3.05, 3.63) is 65.2 Å². The van der Waals surface area contributed by atoms with Crippen LogP contribution in [0.2, 0.25) is 0 Å². The predicted octanol–water partition coefficient (Wildman–Crippen LogP) is 1.95. The Hall–Kier alpha value is -3.04. The minimum absolute atomic E-state index is 0.0445. The van der Waals surface area contributed by atoms with E-state index in [0.717, 1.165) is 16.8 Å². The van der Waals surface area contributed by atoms with Crippen molar-refractivity contribution >= 4 is 30.2 Å². The van der Waals surface area contributed by atoms with Gasteiger partial charge in [0.05, 0.1) is 0 Å². The zero-order chi connectivity index (χ0) is 21.3. The molecule has 3 N–H and O–H groups in total. The summed E-state index contributed by atoms with van der Waals surface area (Å²) in [6, 6.07) is 11.9. The Morgan fingerprint density at radius 2 is 1.97 bits per heavy atom. The summed E-state index contributed by atoms with van der Waals surface area (Å²) in [6.45, 7) is 4.40. The first-order valence-electron chi connectivity index (χ1n) is 9.96. The van der Waals surface area contributed by atoms with Crippen molar-refractivity contribution < 1.29 is 14.4 Å². The molecule has 1 aliphatic rings. The summed E-state index contributed by atoms with van der Waals surface area (Å²) < 4.78 is 13.4. The maximum absolute atomic E-state index is 13.4. The van der Waals surface area contributed by atoms with E-state index in [0.29, 0.717) is 42.6 Å². The summed E-state index contributed by atoms with van der Waals surface area (Å²) in [4.78, 5) is 15.7. The molecule has 0 saturated heterocycles. The molecule has 0 saturated carbocycles. The Morgan fingerprint density at radius 3 is 2.70 bits per heavy atom. The van der Waals surface area contributed by atoms with Crippen LogP contribution < -0.4 is 15.7 Å². The second-order valence-electron chi connectivity index (χ2n) is 7.35. The van der Waals surface area contributed by atoms with Crippen LogP contribution in [0.1, 0.15) is 30.8 Å². The van der Waals surface area contributed by atoms with E-state index in [9.17, 15) is 14.4 Å². The molecule has 2 aromatic carbocycles. The van der Waals surface area contributed by atoms with E-state index in [1.807, 2.05) is 30.9 Å². The van der Waals surface area contributed by atoms with Crippen molar-refractivity contribution in [2.24, 2.45) is 0 Å². The second-order valence-corrected chi connectivity index (χ2v) is 7.35. The van der Waals surface area contributed by atoms with E-state index in [4.69, 9.17) is 0 Å². The van der Waals surface area contributed by atoms with Crippen LogP contribution in [0.3, 0.4) is 0 Å². The Labute approximate surface area is 174 Å². The predicted molar refractivity (Wildman–Crippen MR) is 115 cm³/mol. The van der Waals surface area contributed by atoms with Gasteiger partial charge >= 0.3 is 7.12 Å². The van der Waals surface area contributed by atoms with Crippen molar-refractivity contribution in [1.29, 1.82) is 0 Å². The minimum atomic E-state index is -1.53. The number of anilines is 3. The van der Waals surface area contributed by atoms with Gasteiger partial charge in [-0.05, 0) is 48.1 Å². The summed E-state index contributed by atoms with van der Waals surface area (Å²) in [5.74, 6) is 1.27. The van der Waals surface area contributed by atoms with E-state index >= 15 is 0 Å². The van der Waals surface area contributed by atoms with Crippen LogP contribution in [-0.4, -0.2) is 38.2 Å². The molecule has 30 heavy (non-hydrogen) atoms. The largest absolute Gasteiger partial charge is 0.488 e. The van der Waals surface area contributed by atoms with E-state index in [1.165, 1.54) is 12.1 Å². The molecule has 1 aromatic heterocycles. The highest BCUT2D eigenvalue weighted by Crippen LogP contribution is 2.36. The molecule has 1 aliphatic heterocycles. The SMILES string of the molecule is CCc1nc(NCc2cccc(F)c2)nc(N2c3cccc(B(O)O)c3CC2C)n1. The van der Waals surface area contributed by atoms with Gasteiger partial charge in [-0.3, -0.25) is 0 Å². The fourth-order valence-corrected chi connectivity index (χ4v) is 3.79. The molecule has 1 unspecified atom stereocenters. The Balaban J connectivity index is 1.67. The molecule has 0 fully saturated rings. The Morgan fingerprint density at radius 1 is 1.17 bits per heavy atom. The maximum Gasteiger partial charge on any atom is 0.488 e. The topological polar surface area (TPSA) is 94.4 Å². The van der Waals surface area contributed by atoms with Gasteiger partial charge in [0, 0.05) is 24.7 Å². The smallest absolute Gasteiger partial charge is 0.423 e. The molecule has 1 atom stereocenters. The molecule has 0 aliphatic carbocycles. The van der Waals surface area contributed by atoms with Crippen molar-refractivity contribution in [3.8, 4) is 0 Å². The first kappa shape index (κ1) is 20.2. The lowest BCUT2D eigenvalue weighted by molar-refractivity contribution is 0.425. The van der Waals surface area contributed by atoms with Crippen molar-refractivity contribution in [2.75, 3.05) is 10.2 Å².